The fourth-order valence-electron chi connectivity index (χ4n) is 0.741. The van der Waals surface area contributed by atoms with Crippen molar-refractivity contribution in [3.8, 4) is 0 Å². The second-order valence-corrected chi connectivity index (χ2v) is 4.14. The van der Waals surface area contributed by atoms with Crippen LogP contribution in [0.3, 0.4) is 0 Å². The summed E-state index contributed by atoms with van der Waals surface area (Å²) in [5.41, 5.74) is 0. The molecule has 0 atom stereocenters. The fourth-order valence-corrected chi connectivity index (χ4v) is 1.85. The van der Waals surface area contributed by atoms with E-state index < -0.39 is 15.9 Å². The SMILES string of the molecule is [CH2]OS(=O)(=O)c1ccc(F)cc1Cl. The Kier molecular flexibility index (Phi) is 2.90. The van der Waals surface area contributed by atoms with E-state index in [0.717, 1.165) is 18.2 Å². The van der Waals surface area contributed by atoms with Gasteiger partial charge in [0.2, 0.25) is 0 Å². The van der Waals surface area contributed by atoms with Gasteiger partial charge >= 0.3 is 0 Å². The Morgan fingerprint density at radius 1 is 1.46 bits per heavy atom. The second kappa shape index (κ2) is 3.61. The van der Waals surface area contributed by atoms with Gasteiger partial charge in [0.05, 0.1) is 12.1 Å². The van der Waals surface area contributed by atoms with Crippen LogP contribution in [0.2, 0.25) is 5.02 Å². The maximum Gasteiger partial charge on any atom is 0.298 e. The van der Waals surface area contributed by atoms with Gasteiger partial charge in [-0.3, -0.25) is 4.18 Å². The van der Waals surface area contributed by atoms with Crippen LogP contribution >= 0.6 is 11.6 Å². The topological polar surface area (TPSA) is 43.4 Å². The Balaban J connectivity index is 3.33. The van der Waals surface area contributed by atoms with Crippen LogP contribution in [0.4, 0.5) is 4.39 Å². The highest BCUT2D eigenvalue weighted by molar-refractivity contribution is 7.87. The lowest BCUT2D eigenvalue weighted by Gasteiger charge is -2.02. The van der Waals surface area contributed by atoms with Crippen LogP contribution in [-0.2, 0) is 14.3 Å². The molecule has 1 rings (SSSR count). The summed E-state index contributed by atoms with van der Waals surface area (Å²) in [6.07, 6.45) is 0. The van der Waals surface area contributed by atoms with Crippen molar-refractivity contribution in [3.63, 3.8) is 0 Å². The monoisotopic (exact) mass is 223 g/mol. The third-order valence-corrected chi connectivity index (χ3v) is 2.95. The highest BCUT2D eigenvalue weighted by Crippen LogP contribution is 2.23. The minimum atomic E-state index is -3.96. The maximum atomic E-state index is 12.5. The lowest BCUT2D eigenvalue weighted by atomic mass is 10.3. The van der Waals surface area contributed by atoms with Crippen molar-refractivity contribution in [2.75, 3.05) is 0 Å². The first-order valence-corrected chi connectivity index (χ1v) is 4.90. The third-order valence-electron chi connectivity index (χ3n) is 1.32. The summed E-state index contributed by atoms with van der Waals surface area (Å²) in [4.78, 5) is -0.300. The smallest absolute Gasteiger partial charge is 0.264 e. The fraction of sp³-hybridized carbons (Fsp3) is 0. The first kappa shape index (κ1) is 10.4. The van der Waals surface area contributed by atoms with E-state index in [1.54, 1.807) is 0 Å². The third kappa shape index (κ3) is 2.18. The van der Waals surface area contributed by atoms with Crippen LogP contribution in [-0.4, -0.2) is 8.42 Å². The zero-order chi connectivity index (χ0) is 10.1. The minimum Gasteiger partial charge on any atom is -0.264 e. The molecule has 0 saturated carbocycles. The molecule has 71 valence electrons. The molecule has 0 aromatic heterocycles. The van der Waals surface area contributed by atoms with Gasteiger partial charge in [0.1, 0.15) is 10.7 Å². The Morgan fingerprint density at radius 2 is 2.08 bits per heavy atom. The van der Waals surface area contributed by atoms with Crippen LogP contribution in [0.25, 0.3) is 0 Å². The van der Waals surface area contributed by atoms with Crippen LogP contribution in [0.1, 0.15) is 0 Å². The average molecular weight is 224 g/mol. The Hall–Kier alpha value is -0.650. The van der Waals surface area contributed by atoms with E-state index >= 15 is 0 Å². The first-order chi connectivity index (χ1) is 5.97. The molecular formula is C7H5ClFO3S. The van der Waals surface area contributed by atoms with Crippen molar-refractivity contribution in [2.24, 2.45) is 0 Å². The van der Waals surface area contributed by atoms with Crippen LogP contribution in [0, 0.1) is 12.9 Å². The summed E-state index contributed by atoms with van der Waals surface area (Å²) >= 11 is 5.47. The molecular weight excluding hydrogens is 219 g/mol. The standard InChI is InChI=1S/C7H5ClFO3S/c1-12-13(10,11)7-3-2-5(9)4-6(7)8/h2-4H,1H2. The van der Waals surface area contributed by atoms with Crippen molar-refractivity contribution in [1.29, 1.82) is 0 Å². The van der Waals surface area contributed by atoms with Gasteiger partial charge in [-0.25, -0.2) is 4.39 Å². The van der Waals surface area contributed by atoms with E-state index in [1.165, 1.54) is 0 Å². The molecule has 3 nitrogen and oxygen atoms in total. The predicted octanol–water partition coefficient (Wildman–Crippen LogP) is 1.98. The van der Waals surface area contributed by atoms with Gasteiger partial charge in [0.15, 0.2) is 0 Å². The maximum absolute atomic E-state index is 12.5. The molecule has 1 aromatic rings. The number of halogens is 2. The van der Waals surface area contributed by atoms with Gasteiger partial charge in [-0.15, -0.1) is 0 Å². The Labute approximate surface area is 80.2 Å². The summed E-state index contributed by atoms with van der Waals surface area (Å²) in [6, 6.07) is 2.86. The van der Waals surface area contributed by atoms with Gasteiger partial charge in [0.25, 0.3) is 10.1 Å². The lowest BCUT2D eigenvalue weighted by molar-refractivity contribution is 0.438. The molecule has 13 heavy (non-hydrogen) atoms. The molecule has 0 aliphatic carbocycles. The largest absolute Gasteiger partial charge is 0.298 e. The second-order valence-electron chi connectivity index (χ2n) is 2.15. The molecule has 0 aliphatic rings. The van der Waals surface area contributed by atoms with Crippen molar-refractivity contribution in [1.82, 2.24) is 0 Å². The molecule has 1 aromatic carbocycles. The van der Waals surface area contributed by atoms with Gasteiger partial charge in [-0.2, -0.15) is 8.42 Å². The van der Waals surface area contributed by atoms with Crippen LogP contribution < -0.4 is 0 Å². The average Bonchev–Trinajstić information content (AvgIpc) is 2.03. The van der Waals surface area contributed by atoms with E-state index in [1.807, 2.05) is 0 Å². The quantitative estimate of drug-likeness (QED) is 0.720. The zero-order valence-electron chi connectivity index (χ0n) is 6.33. The van der Waals surface area contributed by atoms with Gasteiger partial charge in [-0.1, -0.05) is 11.6 Å². The van der Waals surface area contributed by atoms with Gasteiger partial charge < -0.3 is 0 Å². The van der Waals surface area contributed by atoms with Crippen molar-refractivity contribution in [2.45, 2.75) is 4.90 Å². The zero-order valence-corrected chi connectivity index (χ0v) is 7.90. The molecule has 1 radical (unpaired) electrons. The van der Waals surface area contributed by atoms with Crippen molar-refractivity contribution in [3.05, 3.63) is 36.1 Å². The van der Waals surface area contributed by atoms with Gasteiger partial charge in [0, 0.05) is 0 Å². The summed E-state index contributed by atoms with van der Waals surface area (Å²) in [5, 5.41) is -0.233. The summed E-state index contributed by atoms with van der Waals surface area (Å²) in [6.45, 7) is 0. The molecule has 0 spiro atoms. The number of hydrogen-bond donors (Lipinski definition) is 0. The summed E-state index contributed by atoms with van der Waals surface area (Å²) in [5.74, 6) is -0.618. The molecule has 0 amide bonds. The normalized spacial score (nSPS) is 11.6. The summed E-state index contributed by atoms with van der Waals surface area (Å²) in [7, 11) is -1.20. The summed E-state index contributed by atoms with van der Waals surface area (Å²) < 4.78 is 38.5. The van der Waals surface area contributed by atoms with Crippen molar-refractivity contribution < 1.29 is 17.0 Å². The van der Waals surface area contributed by atoms with E-state index in [-0.39, 0.29) is 9.92 Å². The highest BCUT2D eigenvalue weighted by atomic mass is 35.5. The molecule has 0 bridgehead atoms. The number of rotatable bonds is 2. The van der Waals surface area contributed by atoms with Gasteiger partial charge in [-0.05, 0) is 18.2 Å². The molecule has 6 heteroatoms. The van der Waals surface area contributed by atoms with E-state index in [9.17, 15) is 12.8 Å². The molecule has 0 aliphatic heterocycles. The highest BCUT2D eigenvalue weighted by Gasteiger charge is 2.17. The van der Waals surface area contributed by atoms with Crippen LogP contribution in [0.5, 0.6) is 0 Å². The van der Waals surface area contributed by atoms with E-state index in [2.05, 4.69) is 11.3 Å². The predicted molar refractivity (Wildman–Crippen MR) is 45.0 cm³/mol. The first-order valence-electron chi connectivity index (χ1n) is 3.11. The molecule has 0 fully saturated rings. The molecule has 0 saturated heterocycles. The van der Waals surface area contributed by atoms with Crippen molar-refractivity contribution >= 4 is 21.7 Å². The lowest BCUT2D eigenvalue weighted by Crippen LogP contribution is -2.02. The molecule has 0 N–H and O–H groups in total. The number of benzene rings is 1. The molecule has 0 unspecified atom stereocenters. The molecule has 0 heterocycles. The Morgan fingerprint density at radius 3 is 2.54 bits per heavy atom. The van der Waals surface area contributed by atoms with E-state index in [0.29, 0.717) is 0 Å². The minimum absolute atomic E-state index is 0.233. The van der Waals surface area contributed by atoms with E-state index in [4.69, 9.17) is 11.6 Å². The van der Waals surface area contributed by atoms with Crippen LogP contribution in [0.15, 0.2) is 23.1 Å². The Bertz CT molecular complexity index is 416. The number of hydrogen-bond acceptors (Lipinski definition) is 3.